The maximum atomic E-state index is 12.8. The monoisotopic (exact) mass is 554 g/mol. The summed E-state index contributed by atoms with van der Waals surface area (Å²) in [6.07, 6.45) is 0.0903. The molecule has 0 saturated heterocycles. The summed E-state index contributed by atoms with van der Waals surface area (Å²) in [5.41, 5.74) is 6.94. The van der Waals surface area contributed by atoms with Crippen molar-refractivity contribution in [1.82, 2.24) is 10.6 Å². The lowest BCUT2D eigenvalue weighted by Crippen LogP contribution is -2.44. The van der Waals surface area contributed by atoms with Gasteiger partial charge in [-0.15, -0.1) is 11.3 Å². The Bertz CT molecular complexity index is 1270. The molecule has 0 saturated carbocycles. The number of nitrogens with zero attached hydrogens (tertiary/aromatic N) is 1. The Morgan fingerprint density at radius 1 is 0.974 bits per heavy atom. The smallest absolute Gasteiger partial charge is 0.357 e. The third-order valence-electron chi connectivity index (χ3n) is 5.47. The first-order chi connectivity index (χ1) is 18.9. The fraction of sp³-hybridized carbons (Fsp3) is 0.259. The third-order valence-corrected chi connectivity index (χ3v) is 6.37. The minimum absolute atomic E-state index is 0.0118. The summed E-state index contributed by atoms with van der Waals surface area (Å²) in [6.45, 7) is 0.0118. The second kappa shape index (κ2) is 14.4. The lowest BCUT2D eigenvalue weighted by atomic mass is 10.1. The molecule has 1 atom stereocenters. The van der Waals surface area contributed by atoms with Gasteiger partial charge in [-0.2, -0.15) is 0 Å². The number of nitrogens with one attached hydrogen (secondary N) is 2. The molecule has 3 rings (SSSR count). The summed E-state index contributed by atoms with van der Waals surface area (Å²) in [4.78, 5) is 43.9. The quantitative estimate of drug-likeness (QED) is 0.126. The zero-order valence-electron chi connectivity index (χ0n) is 21.8. The van der Waals surface area contributed by atoms with Gasteiger partial charge < -0.3 is 35.4 Å². The molecule has 0 spiro atoms. The molecule has 0 aliphatic heterocycles. The molecule has 0 fully saturated rings. The molecule has 12 heteroatoms. The van der Waals surface area contributed by atoms with Crippen molar-refractivity contribution in [3.8, 4) is 17.2 Å². The van der Waals surface area contributed by atoms with Gasteiger partial charge in [-0.05, 0) is 29.1 Å². The van der Waals surface area contributed by atoms with Crippen LogP contribution in [-0.4, -0.2) is 57.5 Å². The van der Waals surface area contributed by atoms with E-state index in [2.05, 4.69) is 15.8 Å². The molecular formula is C27H30N4O7S. The number of hydrogen-bond donors (Lipinski definition) is 3. The topological polar surface area (TPSA) is 151 Å². The zero-order chi connectivity index (χ0) is 28.2. The molecule has 206 valence electrons. The predicted molar refractivity (Wildman–Crippen MR) is 146 cm³/mol. The summed E-state index contributed by atoms with van der Waals surface area (Å²) >= 11 is 1.35. The second-order valence-corrected chi connectivity index (χ2v) is 9.04. The van der Waals surface area contributed by atoms with Gasteiger partial charge in [-0.3, -0.25) is 9.59 Å². The number of carbonyl (C=O) groups is 3. The number of amidine groups is 1. The number of oxime groups is 1. The molecule has 0 aliphatic carbocycles. The summed E-state index contributed by atoms with van der Waals surface area (Å²) in [6, 6.07) is 14.7. The number of hydrogen-bond acceptors (Lipinski definition) is 9. The van der Waals surface area contributed by atoms with Crippen LogP contribution in [-0.2, 0) is 20.8 Å². The van der Waals surface area contributed by atoms with Crippen LogP contribution in [0.1, 0.15) is 27.2 Å². The minimum atomic E-state index is -1.02. The Labute approximate surface area is 229 Å². The van der Waals surface area contributed by atoms with E-state index in [4.69, 9.17) is 24.8 Å². The van der Waals surface area contributed by atoms with Crippen molar-refractivity contribution in [3.05, 3.63) is 76.0 Å². The largest absolute Gasteiger partial charge is 0.493 e. The van der Waals surface area contributed by atoms with Crippen molar-refractivity contribution in [2.24, 2.45) is 10.9 Å². The Balaban J connectivity index is 1.61. The molecule has 1 unspecified atom stereocenters. The van der Waals surface area contributed by atoms with Gasteiger partial charge in [0, 0.05) is 24.9 Å². The van der Waals surface area contributed by atoms with Gasteiger partial charge in [0.25, 0.3) is 5.91 Å². The molecule has 4 N–H and O–H groups in total. The van der Waals surface area contributed by atoms with Gasteiger partial charge in [0.1, 0.15) is 6.04 Å². The first-order valence-corrected chi connectivity index (χ1v) is 12.7. The Morgan fingerprint density at radius 2 is 1.67 bits per heavy atom. The van der Waals surface area contributed by atoms with Crippen molar-refractivity contribution in [2.45, 2.75) is 18.9 Å². The summed E-state index contributed by atoms with van der Waals surface area (Å²) in [5.74, 6) is -0.623. The van der Waals surface area contributed by atoms with Gasteiger partial charge in [0.05, 0.1) is 26.2 Å². The average molecular weight is 555 g/mol. The van der Waals surface area contributed by atoms with Crippen molar-refractivity contribution >= 4 is 35.0 Å². The Kier molecular flexibility index (Phi) is 10.7. The van der Waals surface area contributed by atoms with E-state index in [1.165, 1.54) is 44.8 Å². The highest BCUT2D eigenvalue weighted by Crippen LogP contribution is 2.38. The highest BCUT2D eigenvalue weighted by Gasteiger charge is 2.24. The fourth-order valence-corrected chi connectivity index (χ4v) is 4.16. The number of nitrogens with two attached hydrogens (primary N) is 1. The van der Waals surface area contributed by atoms with E-state index in [9.17, 15) is 14.4 Å². The highest BCUT2D eigenvalue weighted by atomic mass is 32.1. The molecular weight excluding hydrogens is 524 g/mol. The predicted octanol–water partition coefficient (Wildman–Crippen LogP) is 2.49. The Morgan fingerprint density at radius 3 is 2.26 bits per heavy atom. The Hall–Kier alpha value is -4.58. The van der Waals surface area contributed by atoms with Crippen LogP contribution in [0.4, 0.5) is 0 Å². The molecule has 0 radical (unpaired) electrons. The van der Waals surface area contributed by atoms with E-state index in [-0.39, 0.29) is 30.8 Å². The van der Waals surface area contributed by atoms with Crippen LogP contribution in [0.3, 0.4) is 0 Å². The number of carbonyl (C=O) groups excluding carboxylic acids is 3. The van der Waals surface area contributed by atoms with E-state index in [0.717, 1.165) is 5.56 Å². The van der Waals surface area contributed by atoms with E-state index in [0.29, 0.717) is 22.1 Å². The van der Waals surface area contributed by atoms with Gasteiger partial charge in [-0.1, -0.05) is 41.6 Å². The SMILES string of the molecule is COc1cc(C(=O)NCCC(=O)NC(Cc2ccccc2)C(=O)O/N=C(\N)c2cccs2)cc(OC)c1OC. The number of ether oxygens (including phenoxy) is 3. The molecule has 1 aromatic heterocycles. The van der Waals surface area contributed by atoms with Gasteiger partial charge >= 0.3 is 5.97 Å². The first-order valence-electron chi connectivity index (χ1n) is 11.9. The second-order valence-electron chi connectivity index (χ2n) is 8.09. The van der Waals surface area contributed by atoms with E-state index in [1.807, 2.05) is 35.7 Å². The third kappa shape index (κ3) is 8.20. The van der Waals surface area contributed by atoms with Crippen molar-refractivity contribution in [3.63, 3.8) is 0 Å². The normalized spacial score (nSPS) is 11.7. The lowest BCUT2D eigenvalue weighted by Gasteiger charge is -2.16. The molecule has 2 amide bonds. The van der Waals surface area contributed by atoms with Crippen molar-refractivity contribution < 1.29 is 33.4 Å². The van der Waals surface area contributed by atoms with E-state index in [1.54, 1.807) is 12.1 Å². The first kappa shape index (κ1) is 29.0. The van der Waals surface area contributed by atoms with Crippen LogP contribution in [0.25, 0.3) is 0 Å². The summed E-state index contributed by atoms with van der Waals surface area (Å²) in [5, 5.41) is 10.9. The number of methoxy groups -OCH3 is 3. The molecule has 2 aromatic carbocycles. The maximum Gasteiger partial charge on any atom is 0.357 e. The standard InChI is InChI=1S/C27H30N4O7S/c1-35-20-15-18(16-21(36-2)24(20)37-3)26(33)29-12-11-23(32)30-19(14-17-8-5-4-6-9-17)27(34)38-31-25(28)22-10-7-13-39-22/h4-10,13,15-16,19H,11-12,14H2,1-3H3,(H2,28,31)(H,29,33)(H,30,32). The van der Waals surface area contributed by atoms with Crippen LogP contribution in [0, 0.1) is 0 Å². The molecule has 39 heavy (non-hydrogen) atoms. The number of rotatable bonds is 13. The maximum absolute atomic E-state index is 12.8. The van der Waals surface area contributed by atoms with E-state index >= 15 is 0 Å². The van der Waals surface area contributed by atoms with Gasteiger partial charge in [-0.25, -0.2) is 4.79 Å². The molecule has 1 heterocycles. The van der Waals surface area contributed by atoms with Gasteiger partial charge in [0.2, 0.25) is 11.7 Å². The van der Waals surface area contributed by atoms with Crippen LogP contribution in [0.2, 0.25) is 0 Å². The fourth-order valence-electron chi connectivity index (χ4n) is 3.54. The average Bonchev–Trinajstić information content (AvgIpc) is 3.50. The summed E-state index contributed by atoms with van der Waals surface area (Å²) < 4.78 is 15.8. The van der Waals surface area contributed by atoms with Crippen molar-refractivity contribution in [2.75, 3.05) is 27.9 Å². The number of thiophene rings is 1. The van der Waals surface area contributed by atoms with Crippen LogP contribution in [0.5, 0.6) is 17.2 Å². The number of amides is 2. The van der Waals surface area contributed by atoms with Crippen LogP contribution < -0.4 is 30.6 Å². The zero-order valence-corrected chi connectivity index (χ0v) is 22.6. The lowest BCUT2D eigenvalue weighted by molar-refractivity contribution is -0.147. The number of benzene rings is 2. The van der Waals surface area contributed by atoms with Gasteiger partial charge in [0.15, 0.2) is 17.3 Å². The molecule has 0 aliphatic rings. The van der Waals surface area contributed by atoms with Crippen LogP contribution in [0.15, 0.2) is 65.1 Å². The molecule has 3 aromatic rings. The summed E-state index contributed by atoms with van der Waals surface area (Å²) in [7, 11) is 4.36. The minimum Gasteiger partial charge on any atom is -0.493 e. The van der Waals surface area contributed by atoms with Crippen molar-refractivity contribution in [1.29, 1.82) is 0 Å². The molecule has 11 nitrogen and oxygen atoms in total. The van der Waals surface area contributed by atoms with E-state index < -0.39 is 23.8 Å². The van der Waals surface area contributed by atoms with Crippen LogP contribution >= 0.6 is 11.3 Å². The highest BCUT2D eigenvalue weighted by molar-refractivity contribution is 7.12. The molecule has 0 bridgehead atoms.